The Bertz CT molecular complexity index is 443. The van der Waals surface area contributed by atoms with Crippen molar-refractivity contribution in [1.29, 1.82) is 0 Å². The average molecular weight is 244 g/mol. The van der Waals surface area contributed by atoms with Gasteiger partial charge >= 0.3 is 0 Å². The number of para-hydroxylation sites is 1. The second-order valence-corrected chi connectivity index (χ2v) is 4.87. The van der Waals surface area contributed by atoms with E-state index in [1.807, 2.05) is 0 Å². The summed E-state index contributed by atoms with van der Waals surface area (Å²) in [5, 5.41) is 9.48. The molecule has 3 N–H and O–H groups in total. The number of anilines is 1. The zero-order valence-electron chi connectivity index (χ0n) is 9.27. The van der Waals surface area contributed by atoms with Gasteiger partial charge in [0.1, 0.15) is 0 Å². The fourth-order valence-corrected chi connectivity index (χ4v) is 2.25. The smallest absolute Gasteiger partial charge is 0.299 e. The molecule has 1 unspecified atom stereocenters. The van der Waals surface area contributed by atoms with Gasteiger partial charge in [-0.1, -0.05) is 25.1 Å². The Labute approximate surface area is 95.7 Å². The molecule has 16 heavy (non-hydrogen) atoms. The van der Waals surface area contributed by atoms with Crippen molar-refractivity contribution in [2.45, 2.75) is 20.0 Å². The molecule has 0 amide bonds. The quantitative estimate of drug-likeness (QED) is 0.723. The van der Waals surface area contributed by atoms with Crippen LogP contribution in [-0.4, -0.2) is 20.1 Å². The predicted molar refractivity (Wildman–Crippen MR) is 63.3 cm³/mol. The summed E-state index contributed by atoms with van der Waals surface area (Å²) in [4.78, 5) is 0. The molecule has 1 aromatic rings. The lowest BCUT2D eigenvalue weighted by Gasteiger charge is -2.13. The molecule has 0 saturated heterocycles. The molecule has 90 valence electrons. The standard InChI is InChI=1S/C10H16N2O3S/c1-3-11-16(14,15)12-10-7-5-4-6-9(10)8(2)13/h4-8,11-13H,3H2,1-2H3. The van der Waals surface area contributed by atoms with E-state index in [1.54, 1.807) is 38.1 Å². The third-order valence-electron chi connectivity index (χ3n) is 1.99. The van der Waals surface area contributed by atoms with E-state index < -0.39 is 16.3 Å². The minimum atomic E-state index is -3.55. The number of rotatable bonds is 5. The van der Waals surface area contributed by atoms with Gasteiger partial charge in [-0.15, -0.1) is 0 Å². The summed E-state index contributed by atoms with van der Waals surface area (Å²) in [7, 11) is -3.55. The molecule has 0 fully saturated rings. The number of aliphatic hydroxyl groups is 1. The summed E-state index contributed by atoms with van der Waals surface area (Å²) < 4.78 is 27.6. The molecule has 1 atom stereocenters. The summed E-state index contributed by atoms with van der Waals surface area (Å²) in [6.07, 6.45) is -0.722. The Balaban J connectivity index is 2.97. The van der Waals surface area contributed by atoms with Crippen LogP contribution in [0, 0.1) is 0 Å². The van der Waals surface area contributed by atoms with Crippen LogP contribution in [0.4, 0.5) is 5.69 Å². The van der Waals surface area contributed by atoms with Crippen LogP contribution in [-0.2, 0) is 10.2 Å². The number of hydrogen-bond acceptors (Lipinski definition) is 3. The molecule has 1 aromatic carbocycles. The maximum Gasteiger partial charge on any atom is 0.299 e. The minimum Gasteiger partial charge on any atom is -0.389 e. The van der Waals surface area contributed by atoms with Crippen molar-refractivity contribution >= 4 is 15.9 Å². The van der Waals surface area contributed by atoms with E-state index in [1.165, 1.54) is 0 Å². The molecule has 0 heterocycles. The summed E-state index contributed by atoms with van der Waals surface area (Å²) in [5.41, 5.74) is 0.933. The van der Waals surface area contributed by atoms with Crippen LogP contribution in [0.3, 0.4) is 0 Å². The van der Waals surface area contributed by atoms with Crippen molar-refractivity contribution in [2.75, 3.05) is 11.3 Å². The lowest BCUT2D eigenvalue weighted by atomic mass is 10.1. The molecule has 0 aromatic heterocycles. The van der Waals surface area contributed by atoms with E-state index in [0.717, 1.165) is 0 Å². The molecule has 0 bridgehead atoms. The highest BCUT2D eigenvalue weighted by Gasteiger charge is 2.12. The lowest BCUT2D eigenvalue weighted by molar-refractivity contribution is 0.200. The first-order valence-electron chi connectivity index (χ1n) is 5.00. The Morgan fingerprint density at radius 3 is 2.56 bits per heavy atom. The van der Waals surface area contributed by atoms with Crippen LogP contribution < -0.4 is 9.44 Å². The highest BCUT2D eigenvalue weighted by atomic mass is 32.2. The van der Waals surface area contributed by atoms with Crippen molar-refractivity contribution in [1.82, 2.24) is 4.72 Å². The van der Waals surface area contributed by atoms with Crippen LogP contribution in [0.2, 0.25) is 0 Å². The monoisotopic (exact) mass is 244 g/mol. The minimum absolute atomic E-state index is 0.312. The third kappa shape index (κ3) is 3.48. The van der Waals surface area contributed by atoms with Gasteiger partial charge in [0.2, 0.25) is 0 Å². The highest BCUT2D eigenvalue weighted by molar-refractivity contribution is 7.90. The second-order valence-electron chi connectivity index (χ2n) is 3.37. The molecule has 0 aliphatic heterocycles. The van der Waals surface area contributed by atoms with Gasteiger partial charge in [-0.05, 0) is 13.0 Å². The number of benzene rings is 1. The lowest BCUT2D eigenvalue weighted by Crippen LogP contribution is -2.30. The van der Waals surface area contributed by atoms with Gasteiger partial charge < -0.3 is 5.11 Å². The van der Waals surface area contributed by atoms with Crippen LogP contribution in [0.25, 0.3) is 0 Å². The molecule has 1 rings (SSSR count). The van der Waals surface area contributed by atoms with E-state index >= 15 is 0 Å². The normalized spacial score (nSPS) is 13.4. The van der Waals surface area contributed by atoms with E-state index in [4.69, 9.17) is 0 Å². The Morgan fingerprint density at radius 1 is 1.38 bits per heavy atom. The summed E-state index contributed by atoms with van der Waals surface area (Å²) in [6, 6.07) is 6.73. The average Bonchev–Trinajstić information content (AvgIpc) is 2.17. The van der Waals surface area contributed by atoms with Crippen LogP contribution in [0.5, 0.6) is 0 Å². The number of nitrogens with one attached hydrogen (secondary N) is 2. The maximum absolute atomic E-state index is 11.5. The zero-order chi connectivity index (χ0) is 12.2. The largest absolute Gasteiger partial charge is 0.389 e. The Kier molecular flexibility index (Phi) is 4.28. The molecule has 0 aliphatic carbocycles. The van der Waals surface area contributed by atoms with Gasteiger partial charge in [0, 0.05) is 12.1 Å². The first-order valence-corrected chi connectivity index (χ1v) is 6.49. The fourth-order valence-electron chi connectivity index (χ4n) is 1.33. The molecular formula is C10H16N2O3S. The van der Waals surface area contributed by atoms with Crippen LogP contribution in [0.1, 0.15) is 25.5 Å². The van der Waals surface area contributed by atoms with Crippen molar-refractivity contribution in [3.63, 3.8) is 0 Å². The van der Waals surface area contributed by atoms with Crippen molar-refractivity contribution in [3.05, 3.63) is 29.8 Å². The Morgan fingerprint density at radius 2 is 2.00 bits per heavy atom. The molecular weight excluding hydrogens is 228 g/mol. The maximum atomic E-state index is 11.5. The highest BCUT2D eigenvalue weighted by Crippen LogP contribution is 2.22. The zero-order valence-corrected chi connectivity index (χ0v) is 10.1. The van der Waals surface area contributed by atoms with Gasteiger partial charge in [0.05, 0.1) is 11.8 Å². The Hall–Kier alpha value is -1.11. The van der Waals surface area contributed by atoms with Gasteiger partial charge in [-0.25, -0.2) is 0 Å². The SMILES string of the molecule is CCNS(=O)(=O)Nc1ccccc1C(C)O. The number of hydrogen-bond donors (Lipinski definition) is 3. The first kappa shape index (κ1) is 13.0. The fraction of sp³-hybridized carbons (Fsp3) is 0.400. The molecule has 0 saturated carbocycles. The van der Waals surface area contributed by atoms with E-state index in [9.17, 15) is 13.5 Å². The van der Waals surface area contributed by atoms with Crippen molar-refractivity contribution < 1.29 is 13.5 Å². The molecule has 0 spiro atoms. The molecule has 0 radical (unpaired) electrons. The first-order chi connectivity index (χ1) is 7.46. The van der Waals surface area contributed by atoms with E-state index in [2.05, 4.69) is 9.44 Å². The third-order valence-corrected chi connectivity index (χ3v) is 3.15. The second kappa shape index (κ2) is 5.29. The van der Waals surface area contributed by atoms with E-state index in [0.29, 0.717) is 17.8 Å². The molecule has 0 aliphatic rings. The summed E-state index contributed by atoms with van der Waals surface area (Å²) >= 11 is 0. The number of aliphatic hydroxyl groups excluding tert-OH is 1. The molecule has 6 heteroatoms. The molecule has 5 nitrogen and oxygen atoms in total. The van der Waals surface area contributed by atoms with Crippen molar-refractivity contribution in [3.8, 4) is 0 Å². The van der Waals surface area contributed by atoms with Crippen molar-refractivity contribution in [2.24, 2.45) is 0 Å². The summed E-state index contributed by atoms with van der Waals surface area (Å²) in [5.74, 6) is 0. The van der Waals surface area contributed by atoms with Gasteiger partial charge in [0.25, 0.3) is 10.2 Å². The van der Waals surface area contributed by atoms with Crippen LogP contribution >= 0.6 is 0 Å². The van der Waals surface area contributed by atoms with Gasteiger partial charge in [0.15, 0.2) is 0 Å². The van der Waals surface area contributed by atoms with Gasteiger partial charge in [-0.3, -0.25) is 4.72 Å². The van der Waals surface area contributed by atoms with E-state index in [-0.39, 0.29) is 0 Å². The van der Waals surface area contributed by atoms with Gasteiger partial charge in [-0.2, -0.15) is 13.1 Å². The summed E-state index contributed by atoms with van der Waals surface area (Å²) in [6.45, 7) is 3.59. The topological polar surface area (TPSA) is 78.4 Å². The van der Waals surface area contributed by atoms with Crippen LogP contribution in [0.15, 0.2) is 24.3 Å². The predicted octanol–water partition coefficient (Wildman–Crippen LogP) is 1.01.